The fourth-order valence-corrected chi connectivity index (χ4v) is 1.92. The molecule has 1 N–H and O–H groups in total. The van der Waals surface area contributed by atoms with Gasteiger partial charge in [-0.3, -0.25) is 4.79 Å². The maximum atomic E-state index is 10.7. The average Bonchev–Trinajstić information content (AvgIpc) is 2.55. The third-order valence-electron chi connectivity index (χ3n) is 3.24. The summed E-state index contributed by atoms with van der Waals surface area (Å²) in [5.74, 6) is -0.889. The third kappa shape index (κ3) is 5.93. The largest absolute Gasteiger partial charge is 0.478 e. The van der Waals surface area contributed by atoms with Crippen LogP contribution >= 0.6 is 11.6 Å². The summed E-state index contributed by atoms with van der Waals surface area (Å²) in [5.41, 5.74) is 2.90. The minimum atomic E-state index is -0.889. The van der Waals surface area contributed by atoms with Gasteiger partial charge in [-0.2, -0.15) is 0 Å². The highest BCUT2D eigenvalue weighted by Gasteiger charge is 2.02. The van der Waals surface area contributed by atoms with E-state index in [1.54, 1.807) is 36.4 Å². The molecule has 0 atom stereocenters. The first-order chi connectivity index (χ1) is 11.2. The number of carbonyl (C=O) groups excluding carboxylic acids is 1. The highest BCUT2D eigenvalue weighted by Crippen LogP contribution is 2.13. The van der Waals surface area contributed by atoms with E-state index in [0.29, 0.717) is 11.1 Å². The second-order valence-corrected chi connectivity index (χ2v) is 5.80. The Hall–Kier alpha value is -2.53. The number of nitrogens with zero attached hydrogens (tertiary/aromatic N) is 2. The van der Waals surface area contributed by atoms with E-state index in [2.05, 4.69) is 0 Å². The van der Waals surface area contributed by atoms with Crippen molar-refractivity contribution in [1.82, 2.24) is 0 Å². The number of rotatable bonds is 4. The van der Waals surface area contributed by atoms with Crippen molar-refractivity contribution in [2.24, 2.45) is 0 Å². The lowest BCUT2D eigenvalue weighted by atomic mass is 10.2. The number of aromatic carboxylic acids is 1. The van der Waals surface area contributed by atoms with Crippen LogP contribution in [-0.2, 0) is 0 Å². The third-order valence-corrected chi connectivity index (χ3v) is 3.46. The molecule has 0 aliphatic carbocycles. The molecule has 0 aromatic heterocycles. The second-order valence-electron chi connectivity index (χ2n) is 5.46. The Bertz CT molecular complexity index is 619. The standard InChI is InChI=1S/C9H10ClNO.C9H11NO2/c1-11(2)8-5-3-7(4-6-8)9(10)12;1-10(2)8-5-3-7(4-6-8)9(11)12/h3-6H,1-2H3;3-6H,1-2H3,(H,11,12). The van der Waals surface area contributed by atoms with E-state index < -0.39 is 11.2 Å². The molecule has 2 aromatic carbocycles. The highest BCUT2D eigenvalue weighted by molar-refractivity contribution is 6.67. The zero-order valence-electron chi connectivity index (χ0n) is 14.2. The lowest BCUT2D eigenvalue weighted by molar-refractivity contribution is 0.0696. The van der Waals surface area contributed by atoms with Crippen molar-refractivity contribution in [3.63, 3.8) is 0 Å². The van der Waals surface area contributed by atoms with E-state index in [4.69, 9.17) is 16.7 Å². The molecule has 2 aromatic rings. The summed E-state index contributed by atoms with van der Waals surface area (Å²) < 4.78 is 0. The van der Waals surface area contributed by atoms with Crippen LogP contribution in [0.15, 0.2) is 48.5 Å². The molecule has 128 valence electrons. The van der Waals surface area contributed by atoms with Crippen molar-refractivity contribution in [2.45, 2.75) is 0 Å². The normalized spacial score (nSPS) is 9.54. The smallest absolute Gasteiger partial charge is 0.335 e. The van der Waals surface area contributed by atoms with E-state index in [-0.39, 0.29) is 0 Å². The number of hydrogen-bond acceptors (Lipinski definition) is 4. The molecular formula is C18H21ClN2O3. The topological polar surface area (TPSA) is 60.9 Å². The molecule has 0 fully saturated rings. The van der Waals surface area contributed by atoms with Gasteiger partial charge in [-0.05, 0) is 60.1 Å². The number of carboxylic acids is 1. The number of halogens is 1. The maximum absolute atomic E-state index is 10.7. The Kier molecular flexibility index (Phi) is 7.27. The van der Waals surface area contributed by atoms with Crippen LogP contribution in [0.5, 0.6) is 0 Å². The molecule has 0 aliphatic heterocycles. The number of benzene rings is 2. The zero-order chi connectivity index (χ0) is 18.3. The van der Waals surface area contributed by atoms with Crippen molar-refractivity contribution >= 4 is 34.2 Å². The Morgan fingerprint density at radius 3 is 1.33 bits per heavy atom. The number of carbonyl (C=O) groups is 2. The predicted molar refractivity (Wildman–Crippen MR) is 98.7 cm³/mol. The van der Waals surface area contributed by atoms with Crippen LogP contribution in [0.2, 0.25) is 0 Å². The molecule has 0 aliphatic rings. The molecule has 0 saturated carbocycles. The van der Waals surface area contributed by atoms with Crippen molar-refractivity contribution in [1.29, 1.82) is 0 Å². The van der Waals surface area contributed by atoms with Gasteiger partial charge in [0.15, 0.2) is 0 Å². The molecule has 6 heteroatoms. The van der Waals surface area contributed by atoms with Gasteiger partial charge in [0.1, 0.15) is 0 Å². The lowest BCUT2D eigenvalue weighted by Gasteiger charge is -2.11. The van der Waals surface area contributed by atoms with Crippen LogP contribution < -0.4 is 9.80 Å². The van der Waals surface area contributed by atoms with Crippen LogP contribution in [-0.4, -0.2) is 44.5 Å². The first kappa shape index (κ1) is 19.5. The first-order valence-electron chi connectivity index (χ1n) is 7.20. The van der Waals surface area contributed by atoms with Crippen LogP contribution in [0.1, 0.15) is 20.7 Å². The highest BCUT2D eigenvalue weighted by atomic mass is 35.5. The minimum absolute atomic E-state index is 0.320. The molecule has 0 heterocycles. The predicted octanol–water partition coefficient (Wildman–Crippen LogP) is 3.58. The van der Waals surface area contributed by atoms with Crippen molar-refractivity contribution < 1.29 is 14.7 Å². The van der Waals surface area contributed by atoms with Crippen LogP contribution in [0.25, 0.3) is 0 Å². The monoisotopic (exact) mass is 348 g/mol. The zero-order valence-corrected chi connectivity index (χ0v) is 14.9. The van der Waals surface area contributed by atoms with E-state index in [1.165, 1.54) is 0 Å². The summed E-state index contributed by atoms with van der Waals surface area (Å²) in [4.78, 5) is 25.0. The molecule has 2 rings (SSSR count). The van der Waals surface area contributed by atoms with E-state index in [1.807, 2.05) is 50.1 Å². The van der Waals surface area contributed by atoms with Crippen molar-refractivity contribution in [3.05, 3.63) is 59.7 Å². The van der Waals surface area contributed by atoms with Crippen molar-refractivity contribution in [2.75, 3.05) is 38.0 Å². The molecule has 0 spiro atoms. The molecule has 0 radical (unpaired) electrons. The van der Waals surface area contributed by atoms with Gasteiger partial charge in [0, 0.05) is 45.1 Å². The van der Waals surface area contributed by atoms with Crippen LogP contribution in [0, 0.1) is 0 Å². The number of carboxylic acid groups (broad SMARTS) is 1. The Morgan fingerprint density at radius 1 is 0.750 bits per heavy atom. The van der Waals surface area contributed by atoms with Gasteiger partial charge in [0.25, 0.3) is 5.24 Å². The molecule has 0 saturated heterocycles. The van der Waals surface area contributed by atoms with E-state index in [9.17, 15) is 9.59 Å². The maximum Gasteiger partial charge on any atom is 0.335 e. The summed E-state index contributed by atoms with van der Waals surface area (Å²) in [7, 11) is 7.71. The average molecular weight is 349 g/mol. The number of hydrogen-bond donors (Lipinski definition) is 1. The van der Waals surface area contributed by atoms with E-state index in [0.717, 1.165) is 11.4 Å². The van der Waals surface area contributed by atoms with Crippen molar-refractivity contribution in [3.8, 4) is 0 Å². The van der Waals surface area contributed by atoms with Gasteiger partial charge in [-0.15, -0.1) is 0 Å². The Morgan fingerprint density at radius 2 is 1.08 bits per heavy atom. The Balaban J connectivity index is 0.000000240. The summed E-state index contributed by atoms with van der Waals surface area (Å²) in [6, 6.07) is 13.9. The minimum Gasteiger partial charge on any atom is -0.478 e. The molecule has 24 heavy (non-hydrogen) atoms. The van der Waals surface area contributed by atoms with Gasteiger partial charge in [-0.1, -0.05) is 0 Å². The van der Waals surface area contributed by atoms with E-state index >= 15 is 0 Å². The van der Waals surface area contributed by atoms with Crippen LogP contribution in [0.4, 0.5) is 11.4 Å². The SMILES string of the molecule is CN(C)c1ccc(C(=O)Cl)cc1.CN(C)c1ccc(C(=O)O)cc1. The fourth-order valence-electron chi connectivity index (χ4n) is 1.79. The Labute approximate surface area is 147 Å². The molecular weight excluding hydrogens is 328 g/mol. The summed E-state index contributed by atoms with van der Waals surface area (Å²) in [5, 5.41) is 8.18. The van der Waals surface area contributed by atoms with Gasteiger partial charge in [-0.25, -0.2) is 4.79 Å². The van der Waals surface area contributed by atoms with Gasteiger partial charge in [0.05, 0.1) is 5.56 Å². The second kappa shape index (κ2) is 8.93. The molecule has 5 nitrogen and oxygen atoms in total. The van der Waals surface area contributed by atoms with Gasteiger partial charge < -0.3 is 14.9 Å². The summed E-state index contributed by atoms with van der Waals surface area (Å²) in [6.07, 6.45) is 0. The summed E-state index contributed by atoms with van der Waals surface area (Å²) >= 11 is 5.28. The quantitative estimate of drug-likeness (QED) is 0.856. The molecule has 0 amide bonds. The lowest BCUT2D eigenvalue weighted by Crippen LogP contribution is -2.08. The first-order valence-corrected chi connectivity index (χ1v) is 7.58. The van der Waals surface area contributed by atoms with Gasteiger partial charge >= 0.3 is 5.97 Å². The van der Waals surface area contributed by atoms with Crippen LogP contribution in [0.3, 0.4) is 0 Å². The summed E-state index contributed by atoms with van der Waals surface area (Å²) in [6.45, 7) is 0. The molecule has 0 bridgehead atoms. The number of anilines is 2. The molecule has 0 unspecified atom stereocenters. The fraction of sp³-hybridized carbons (Fsp3) is 0.222. The van der Waals surface area contributed by atoms with Gasteiger partial charge in [0.2, 0.25) is 0 Å².